The lowest BCUT2D eigenvalue weighted by molar-refractivity contribution is -0.135. The van der Waals surface area contributed by atoms with Crippen molar-refractivity contribution in [2.45, 2.75) is 78.7 Å². The van der Waals surface area contributed by atoms with E-state index in [2.05, 4.69) is 4.98 Å². The highest BCUT2D eigenvalue weighted by atomic mass is 16.2. The highest BCUT2D eigenvalue weighted by Crippen LogP contribution is 2.20. The van der Waals surface area contributed by atoms with E-state index in [0.29, 0.717) is 31.8 Å². The number of nitrogens with one attached hydrogen (secondary N) is 1. The van der Waals surface area contributed by atoms with Crippen molar-refractivity contribution in [2.75, 3.05) is 30.3 Å². The minimum Gasteiger partial charge on any atom is -0.383 e. The fourth-order valence-corrected chi connectivity index (χ4v) is 3.76. The van der Waals surface area contributed by atoms with Gasteiger partial charge in [-0.1, -0.05) is 40.0 Å². The Morgan fingerprint density at radius 1 is 1.16 bits per heavy atom. The summed E-state index contributed by atoms with van der Waals surface area (Å²) in [6.45, 7) is 7.14. The number of nitrogen functional groups attached to an aromatic ring is 1. The second-order valence-corrected chi connectivity index (χ2v) is 8.71. The first-order chi connectivity index (χ1) is 14.8. The maximum absolute atomic E-state index is 13.3. The summed E-state index contributed by atoms with van der Waals surface area (Å²) in [6.07, 6.45) is 6.41. The van der Waals surface area contributed by atoms with E-state index in [9.17, 15) is 19.2 Å². The lowest BCUT2D eigenvalue weighted by atomic mass is 10.1. The van der Waals surface area contributed by atoms with Crippen LogP contribution in [0.4, 0.5) is 11.5 Å². The van der Waals surface area contributed by atoms with E-state index in [1.54, 1.807) is 4.90 Å². The Kier molecular flexibility index (Phi) is 9.33. The molecule has 1 aromatic heterocycles. The number of carbonyl (C=O) groups excluding carboxylic acids is 2. The smallest absolute Gasteiger partial charge is 0.330 e. The van der Waals surface area contributed by atoms with Gasteiger partial charge in [0, 0.05) is 26.1 Å². The topological polar surface area (TPSA) is 121 Å². The van der Waals surface area contributed by atoms with Crippen molar-refractivity contribution in [3.8, 4) is 0 Å². The van der Waals surface area contributed by atoms with Crippen LogP contribution < -0.4 is 21.9 Å². The number of aromatic nitrogens is 2. The molecule has 2 rings (SSSR count). The van der Waals surface area contributed by atoms with E-state index in [-0.39, 0.29) is 36.4 Å². The summed E-state index contributed by atoms with van der Waals surface area (Å²) in [5, 5.41) is 0. The zero-order chi connectivity index (χ0) is 23.0. The fraction of sp³-hybridized carbons (Fsp3) is 0.727. The van der Waals surface area contributed by atoms with Gasteiger partial charge >= 0.3 is 5.69 Å². The van der Waals surface area contributed by atoms with Gasteiger partial charge in [-0.15, -0.1) is 0 Å². The van der Waals surface area contributed by atoms with Gasteiger partial charge in [-0.2, -0.15) is 0 Å². The maximum Gasteiger partial charge on any atom is 0.330 e. The normalized spacial score (nSPS) is 15.1. The lowest BCUT2D eigenvalue weighted by Gasteiger charge is -2.29. The zero-order valence-electron chi connectivity index (χ0n) is 19.1. The molecule has 9 nitrogen and oxygen atoms in total. The van der Waals surface area contributed by atoms with Gasteiger partial charge < -0.3 is 15.5 Å². The number of amides is 2. The Balaban J connectivity index is 2.39. The number of nitrogens with two attached hydrogens (primary N) is 1. The number of carbonyl (C=O) groups is 2. The number of rotatable bonds is 9. The number of unbranched alkanes of at least 4 members (excludes halogenated alkanes) is 1. The molecule has 0 atom stereocenters. The van der Waals surface area contributed by atoms with Crippen molar-refractivity contribution >= 4 is 23.3 Å². The Hall–Kier alpha value is -2.58. The third-order valence-corrected chi connectivity index (χ3v) is 5.70. The van der Waals surface area contributed by atoms with Gasteiger partial charge in [-0.05, 0) is 31.6 Å². The van der Waals surface area contributed by atoms with Gasteiger partial charge in [0.25, 0.3) is 5.56 Å². The van der Waals surface area contributed by atoms with Gasteiger partial charge in [0.2, 0.25) is 11.8 Å². The number of anilines is 2. The SMILES string of the molecule is CCCCn1c(N)c(N(CCC(C)C)C(=O)CN2CCCCCCC2=O)c(=O)[nH]c1=O. The number of H-pyrrole nitrogens is 1. The first kappa shape index (κ1) is 24.7. The van der Waals surface area contributed by atoms with E-state index in [1.165, 1.54) is 9.47 Å². The van der Waals surface area contributed by atoms with Crippen molar-refractivity contribution in [1.29, 1.82) is 0 Å². The van der Waals surface area contributed by atoms with Crippen molar-refractivity contribution in [3.05, 3.63) is 20.8 Å². The fourth-order valence-electron chi connectivity index (χ4n) is 3.76. The molecule has 1 saturated heterocycles. The first-order valence-corrected chi connectivity index (χ1v) is 11.5. The molecule has 0 saturated carbocycles. The first-order valence-electron chi connectivity index (χ1n) is 11.5. The average molecular weight is 436 g/mol. The molecule has 3 N–H and O–H groups in total. The van der Waals surface area contributed by atoms with Crippen molar-refractivity contribution in [3.63, 3.8) is 0 Å². The minimum atomic E-state index is -0.675. The number of aromatic amines is 1. The van der Waals surface area contributed by atoms with Crippen LogP contribution in [0.1, 0.15) is 72.1 Å². The van der Waals surface area contributed by atoms with Crippen LogP contribution in [-0.2, 0) is 16.1 Å². The van der Waals surface area contributed by atoms with Crippen molar-refractivity contribution < 1.29 is 9.59 Å². The summed E-state index contributed by atoms with van der Waals surface area (Å²) in [4.78, 5) is 56.1. The summed E-state index contributed by atoms with van der Waals surface area (Å²) in [6, 6.07) is 0. The molecule has 0 aromatic carbocycles. The van der Waals surface area contributed by atoms with Crippen LogP contribution in [-0.4, -0.2) is 45.9 Å². The molecule has 1 fully saturated rings. The molecule has 0 radical (unpaired) electrons. The lowest BCUT2D eigenvalue weighted by Crippen LogP contribution is -2.47. The van der Waals surface area contributed by atoms with E-state index in [1.807, 2.05) is 20.8 Å². The molecule has 2 amide bonds. The molecule has 31 heavy (non-hydrogen) atoms. The predicted molar refractivity (Wildman–Crippen MR) is 122 cm³/mol. The standard InChI is InChI=1S/C22H37N5O4/c1-4-5-13-27-20(23)19(21(30)24-22(27)31)26(14-11-16(2)3)18(29)15-25-12-9-7-6-8-10-17(25)28/h16H,4-15,23H2,1-3H3,(H,24,30,31). The molecule has 9 heteroatoms. The van der Waals surface area contributed by atoms with Crippen LogP contribution in [0.15, 0.2) is 9.59 Å². The van der Waals surface area contributed by atoms with E-state index in [0.717, 1.165) is 38.5 Å². The number of hydrogen-bond donors (Lipinski definition) is 2. The predicted octanol–water partition coefficient (Wildman–Crippen LogP) is 2.09. The summed E-state index contributed by atoms with van der Waals surface area (Å²) in [5.74, 6) is -0.0950. The summed E-state index contributed by atoms with van der Waals surface area (Å²) >= 11 is 0. The molecule has 1 aromatic rings. The quantitative estimate of drug-likeness (QED) is 0.615. The molecular weight excluding hydrogens is 398 g/mol. The largest absolute Gasteiger partial charge is 0.383 e. The third kappa shape index (κ3) is 6.70. The van der Waals surface area contributed by atoms with Crippen LogP contribution in [0, 0.1) is 5.92 Å². The zero-order valence-corrected chi connectivity index (χ0v) is 19.1. The van der Waals surface area contributed by atoms with Crippen molar-refractivity contribution in [1.82, 2.24) is 14.5 Å². The van der Waals surface area contributed by atoms with Gasteiger partial charge in [0.05, 0.1) is 0 Å². The summed E-state index contributed by atoms with van der Waals surface area (Å²) in [7, 11) is 0. The Bertz CT molecular complexity index is 874. The van der Waals surface area contributed by atoms with Gasteiger partial charge in [0.1, 0.15) is 12.4 Å². The maximum atomic E-state index is 13.3. The number of likely N-dealkylation sites (tertiary alicyclic amines) is 1. The van der Waals surface area contributed by atoms with E-state index < -0.39 is 11.2 Å². The molecule has 0 unspecified atom stereocenters. The van der Waals surface area contributed by atoms with Gasteiger partial charge in [0.15, 0.2) is 5.69 Å². The van der Waals surface area contributed by atoms with Crippen LogP contribution >= 0.6 is 0 Å². The number of nitrogens with zero attached hydrogens (tertiary/aromatic N) is 3. The molecule has 2 heterocycles. The van der Waals surface area contributed by atoms with Gasteiger partial charge in [-0.25, -0.2) is 4.79 Å². The summed E-state index contributed by atoms with van der Waals surface area (Å²) in [5.41, 5.74) is 5.00. The van der Waals surface area contributed by atoms with E-state index in [4.69, 9.17) is 5.73 Å². The molecule has 1 aliphatic heterocycles. The summed E-state index contributed by atoms with van der Waals surface area (Å²) < 4.78 is 1.32. The van der Waals surface area contributed by atoms with Crippen LogP contribution in [0.2, 0.25) is 0 Å². The van der Waals surface area contributed by atoms with Crippen LogP contribution in [0.3, 0.4) is 0 Å². The third-order valence-electron chi connectivity index (χ3n) is 5.70. The van der Waals surface area contributed by atoms with Gasteiger partial charge in [-0.3, -0.25) is 23.9 Å². The molecule has 174 valence electrons. The monoisotopic (exact) mass is 435 g/mol. The molecule has 1 aliphatic rings. The molecule has 0 aliphatic carbocycles. The molecular formula is C22H37N5O4. The Morgan fingerprint density at radius 2 is 1.87 bits per heavy atom. The Morgan fingerprint density at radius 3 is 2.55 bits per heavy atom. The minimum absolute atomic E-state index is 0.000784. The molecule has 0 spiro atoms. The average Bonchev–Trinajstić information content (AvgIpc) is 2.69. The van der Waals surface area contributed by atoms with Crippen LogP contribution in [0.25, 0.3) is 0 Å². The highest BCUT2D eigenvalue weighted by molar-refractivity contribution is 5.98. The van der Waals surface area contributed by atoms with Crippen molar-refractivity contribution in [2.24, 2.45) is 5.92 Å². The Labute approximate surface area is 183 Å². The second-order valence-electron chi connectivity index (χ2n) is 8.71. The van der Waals surface area contributed by atoms with Crippen LogP contribution in [0.5, 0.6) is 0 Å². The number of hydrogen-bond acceptors (Lipinski definition) is 5. The molecule has 0 bridgehead atoms. The second kappa shape index (κ2) is 11.7. The van der Waals surface area contributed by atoms with E-state index >= 15 is 0 Å². The highest BCUT2D eigenvalue weighted by Gasteiger charge is 2.27.